The van der Waals surface area contributed by atoms with Gasteiger partial charge in [-0.05, 0) is 48.4 Å². The zero-order chi connectivity index (χ0) is 18.0. The van der Waals surface area contributed by atoms with Crippen LogP contribution < -0.4 is 10.6 Å². The van der Waals surface area contributed by atoms with Gasteiger partial charge in [-0.3, -0.25) is 14.5 Å². The smallest absolute Gasteiger partial charge is 0.324 e. The number of anilines is 1. The largest absolute Gasteiger partial charge is 0.329 e. The molecule has 1 fully saturated rings. The molecule has 0 atom stereocenters. The number of carbonyl (C=O) groups is 3. The van der Waals surface area contributed by atoms with E-state index in [1.54, 1.807) is 24.3 Å². The minimum atomic E-state index is -0.391. The molecule has 0 bridgehead atoms. The average molecular weight is 402 g/mol. The van der Waals surface area contributed by atoms with Crippen molar-refractivity contribution in [2.75, 3.05) is 11.9 Å². The van der Waals surface area contributed by atoms with E-state index in [0.29, 0.717) is 11.3 Å². The average Bonchev–Trinajstić information content (AvgIpc) is 2.91. The number of imide groups is 1. The van der Waals surface area contributed by atoms with E-state index in [0.717, 1.165) is 20.5 Å². The van der Waals surface area contributed by atoms with E-state index in [1.807, 2.05) is 25.1 Å². The fourth-order valence-electron chi connectivity index (χ4n) is 2.49. The highest BCUT2D eigenvalue weighted by molar-refractivity contribution is 9.10. The first-order chi connectivity index (χ1) is 11.9. The second-order valence-electron chi connectivity index (χ2n) is 5.75. The quantitative estimate of drug-likeness (QED) is 0.772. The summed E-state index contributed by atoms with van der Waals surface area (Å²) in [6.07, 6.45) is 0. The highest BCUT2D eigenvalue weighted by atomic mass is 79.9. The SMILES string of the molecule is Cc1cc(NC(=O)c2ccc(CN3C(=O)CNC3=O)cc2)ccc1Br. The Morgan fingerprint density at radius 1 is 1.20 bits per heavy atom. The van der Waals surface area contributed by atoms with E-state index in [1.165, 1.54) is 0 Å². The van der Waals surface area contributed by atoms with Crippen molar-refractivity contribution in [3.05, 3.63) is 63.6 Å². The minimum absolute atomic E-state index is 0.0337. The van der Waals surface area contributed by atoms with Gasteiger partial charge in [0.2, 0.25) is 5.91 Å². The van der Waals surface area contributed by atoms with Crippen molar-refractivity contribution in [2.45, 2.75) is 13.5 Å². The predicted octanol–water partition coefficient (Wildman–Crippen LogP) is 3.06. The number of urea groups is 1. The number of nitrogens with one attached hydrogen (secondary N) is 2. The maximum Gasteiger partial charge on any atom is 0.324 e. The first-order valence-corrected chi connectivity index (χ1v) is 8.48. The zero-order valence-corrected chi connectivity index (χ0v) is 15.1. The molecular weight excluding hydrogens is 386 g/mol. The molecule has 25 heavy (non-hydrogen) atoms. The molecule has 7 heteroatoms. The van der Waals surface area contributed by atoms with Crippen molar-refractivity contribution in [2.24, 2.45) is 0 Å². The van der Waals surface area contributed by atoms with Crippen LogP contribution in [0.1, 0.15) is 21.5 Å². The van der Waals surface area contributed by atoms with E-state index in [-0.39, 0.29) is 24.9 Å². The van der Waals surface area contributed by atoms with Crippen molar-refractivity contribution in [1.82, 2.24) is 10.2 Å². The normalized spacial score (nSPS) is 13.8. The summed E-state index contributed by atoms with van der Waals surface area (Å²) in [4.78, 5) is 36.6. The molecule has 0 unspecified atom stereocenters. The van der Waals surface area contributed by atoms with Crippen molar-refractivity contribution in [1.29, 1.82) is 0 Å². The Balaban J connectivity index is 1.67. The molecule has 128 valence electrons. The molecule has 2 N–H and O–H groups in total. The van der Waals surface area contributed by atoms with Gasteiger partial charge < -0.3 is 10.6 Å². The lowest BCUT2D eigenvalue weighted by atomic mass is 10.1. The fourth-order valence-corrected chi connectivity index (χ4v) is 2.73. The maximum absolute atomic E-state index is 12.3. The molecule has 1 aliphatic heterocycles. The first kappa shape index (κ1) is 17.2. The van der Waals surface area contributed by atoms with Gasteiger partial charge in [-0.25, -0.2) is 4.79 Å². The molecule has 3 rings (SSSR count). The van der Waals surface area contributed by atoms with Gasteiger partial charge in [0.25, 0.3) is 5.91 Å². The van der Waals surface area contributed by atoms with E-state index >= 15 is 0 Å². The summed E-state index contributed by atoms with van der Waals surface area (Å²) in [7, 11) is 0. The second kappa shape index (κ2) is 7.06. The maximum atomic E-state index is 12.3. The number of carbonyl (C=O) groups excluding carboxylic acids is 3. The minimum Gasteiger partial charge on any atom is -0.329 e. The molecule has 0 radical (unpaired) electrons. The highest BCUT2D eigenvalue weighted by Gasteiger charge is 2.28. The number of halogens is 1. The predicted molar refractivity (Wildman–Crippen MR) is 97.2 cm³/mol. The van der Waals surface area contributed by atoms with Gasteiger partial charge in [0.1, 0.15) is 0 Å². The highest BCUT2D eigenvalue weighted by Crippen LogP contribution is 2.20. The van der Waals surface area contributed by atoms with Gasteiger partial charge in [-0.2, -0.15) is 0 Å². The number of hydrogen-bond acceptors (Lipinski definition) is 3. The third-order valence-electron chi connectivity index (χ3n) is 3.91. The number of aryl methyl sites for hydroxylation is 1. The van der Waals surface area contributed by atoms with E-state index < -0.39 is 6.03 Å². The number of hydrogen-bond donors (Lipinski definition) is 2. The second-order valence-corrected chi connectivity index (χ2v) is 6.61. The third kappa shape index (κ3) is 3.88. The molecular formula is C18H16BrN3O3. The first-order valence-electron chi connectivity index (χ1n) is 7.68. The molecule has 1 aliphatic rings. The standard InChI is InChI=1S/C18H16BrN3O3/c1-11-8-14(6-7-15(11)19)21-17(24)13-4-2-12(3-5-13)10-22-16(23)9-20-18(22)25/h2-8H,9-10H2,1H3,(H,20,25)(H,21,24). The Bertz CT molecular complexity index is 833. The van der Waals surface area contributed by atoms with Gasteiger partial charge in [-0.15, -0.1) is 0 Å². The van der Waals surface area contributed by atoms with Gasteiger partial charge in [0, 0.05) is 15.7 Å². The Kier molecular flexibility index (Phi) is 4.85. The number of rotatable bonds is 4. The molecule has 2 aromatic rings. The Labute approximate surface area is 153 Å². The Hall–Kier alpha value is -2.67. The van der Waals surface area contributed by atoms with E-state index in [4.69, 9.17) is 0 Å². The third-order valence-corrected chi connectivity index (χ3v) is 4.80. The van der Waals surface area contributed by atoms with Crippen LogP contribution in [0.25, 0.3) is 0 Å². The topological polar surface area (TPSA) is 78.5 Å². The van der Waals surface area contributed by atoms with Crippen molar-refractivity contribution >= 4 is 39.5 Å². The lowest BCUT2D eigenvalue weighted by Crippen LogP contribution is -2.30. The summed E-state index contributed by atoms with van der Waals surface area (Å²) in [6.45, 7) is 2.18. The van der Waals surface area contributed by atoms with Crippen molar-refractivity contribution in [3.8, 4) is 0 Å². The summed E-state index contributed by atoms with van der Waals surface area (Å²) in [5, 5.41) is 5.32. The molecule has 0 saturated carbocycles. The van der Waals surface area contributed by atoms with Crippen LogP contribution in [0.5, 0.6) is 0 Å². The Morgan fingerprint density at radius 3 is 2.52 bits per heavy atom. The van der Waals surface area contributed by atoms with Crippen molar-refractivity contribution < 1.29 is 14.4 Å². The molecule has 4 amide bonds. The number of nitrogens with zero attached hydrogens (tertiary/aromatic N) is 1. The van der Waals surface area contributed by atoms with Crippen molar-refractivity contribution in [3.63, 3.8) is 0 Å². The molecule has 2 aromatic carbocycles. The van der Waals surface area contributed by atoms with Crippen LogP contribution in [0.2, 0.25) is 0 Å². The monoisotopic (exact) mass is 401 g/mol. The summed E-state index contributed by atoms with van der Waals surface area (Å²) in [5.74, 6) is -0.472. The molecule has 0 spiro atoms. The number of benzene rings is 2. The summed E-state index contributed by atoms with van der Waals surface area (Å²) in [6, 6.07) is 12.0. The van der Waals surface area contributed by atoms with Gasteiger partial charge in [-0.1, -0.05) is 28.1 Å². The fraction of sp³-hybridized carbons (Fsp3) is 0.167. The van der Waals surface area contributed by atoms with Crippen LogP contribution in [-0.4, -0.2) is 29.3 Å². The summed E-state index contributed by atoms with van der Waals surface area (Å²) in [5.41, 5.74) is 3.03. The molecule has 0 aromatic heterocycles. The van der Waals surface area contributed by atoms with Gasteiger partial charge >= 0.3 is 6.03 Å². The Morgan fingerprint density at radius 2 is 1.92 bits per heavy atom. The molecule has 6 nitrogen and oxygen atoms in total. The van der Waals surface area contributed by atoms with Crippen LogP contribution in [-0.2, 0) is 11.3 Å². The van der Waals surface area contributed by atoms with Crippen LogP contribution in [0.3, 0.4) is 0 Å². The number of amides is 4. The summed E-state index contributed by atoms with van der Waals surface area (Å²) < 4.78 is 0.982. The molecule has 0 aliphatic carbocycles. The summed E-state index contributed by atoms with van der Waals surface area (Å²) >= 11 is 3.42. The van der Waals surface area contributed by atoms with Gasteiger partial charge in [0.05, 0.1) is 13.1 Å². The lowest BCUT2D eigenvalue weighted by Gasteiger charge is -2.12. The van der Waals surface area contributed by atoms with Crippen LogP contribution in [0, 0.1) is 6.92 Å². The van der Waals surface area contributed by atoms with Crippen LogP contribution in [0.15, 0.2) is 46.9 Å². The zero-order valence-electron chi connectivity index (χ0n) is 13.5. The van der Waals surface area contributed by atoms with Crippen LogP contribution >= 0.6 is 15.9 Å². The van der Waals surface area contributed by atoms with Crippen LogP contribution in [0.4, 0.5) is 10.5 Å². The van der Waals surface area contributed by atoms with Gasteiger partial charge in [0.15, 0.2) is 0 Å². The molecule has 1 saturated heterocycles. The molecule has 1 heterocycles. The van der Waals surface area contributed by atoms with E-state index in [2.05, 4.69) is 26.6 Å². The lowest BCUT2D eigenvalue weighted by molar-refractivity contribution is -0.125. The van der Waals surface area contributed by atoms with E-state index in [9.17, 15) is 14.4 Å².